The Balaban J connectivity index is 2.32. The minimum Gasteiger partial charge on any atom is -0.478 e. The standard InChI is InChI=1S/C13H13F3O4/c14-13(15,16)20-11-6-9(5-10(7-11)12(17)18)8-1-3-19-4-2-8/h5-8H,1-4H2,(H,17,18). The third kappa shape index (κ3) is 3.86. The minimum atomic E-state index is -4.84. The van der Waals surface area contributed by atoms with Gasteiger partial charge in [-0.1, -0.05) is 0 Å². The molecule has 1 N–H and O–H groups in total. The number of alkyl halides is 3. The average Bonchev–Trinajstić information content (AvgIpc) is 2.37. The van der Waals surface area contributed by atoms with Crippen LogP contribution in [0.1, 0.15) is 34.7 Å². The van der Waals surface area contributed by atoms with Gasteiger partial charge in [-0.15, -0.1) is 13.2 Å². The number of rotatable bonds is 3. The monoisotopic (exact) mass is 290 g/mol. The van der Waals surface area contributed by atoms with Crippen LogP contribution in [-0.4, -0.2) is 30.7 Å². The summed E-state index contributed by atoms with van der Waals surface area (Å²) < 4.78 is 45.8. The van der Waals surface area contributed by atoms with Crippen molar-refractivity contribution in [1.82, 2.24) is 0 Å². The van der Waals surface area contributed by atoms with Crippen LogP contribution in [0.15, 0.2) is 18.2 Å². The molecule has 0 spiro atoms. The second kappa shape index (κ2) is 5.70. The topological polar surface area (TPSA) is 55.8 Å². The predicted molar refractivity (Wildman–Crippen MR) is 62.9 cm³/mol. The zero-order chi connectivity index (χ0) is 14.8. The number of carboxylic acid groups (broad SMARTS) is 1. The van der Waals surface area contributed by atoms with Crippen LogP contribution in [0.3, 0.4) is 0 Å². The summed E-state index contributed by atoms with van der Waals surface area (Å²) >= 11 is 0. The first-order valence-electron chi connectivity index (χ1n) is 6.07. The van der Waals surface area contributed by atoms with Crippen molar-refractivity contribution < 1.29 is 32.5 Å². The van der Waals surface area contributed by atoms with Gasteiger partial charge in [0.15, 0.2) is 0 Å². The third-order valence-electron chi connectivity index (χ3n) is 3.10. The molecular weight excluding hydrogens is 277 g/mol. The highest BCUT2D eigenvalue weighted by atomic mass is 19.4. The van der Waals surface area contributed by atoms with Crippen molar-refractivity contribution in [2.24, 2.45) is 0 Å². The van der Waals surface area contributed by atoms with Crippen molar-refractivity contribution in [3.63, 3.8) is 0 Å². The van der Waals surface area contributed by atoms with Gasteiger partial charge in [-0.05, 0) is 42.5 Å². The molecule has 20 heavy (non-hydrogen) atoms. The quantitative estimate of drug-likeness (QED) is 0.929. The van der Waals surface area contributed by atoms with Crippen molar-refractivity contribution in [1.29, 1.82) is 0 Å². The Morgan fingerprint density at radius 2 is 1.90 bits per heavy atom. The Morgan fingerprint density at radius 3 is 2.45 bits per heavy atom. The lowest BCUT2D eigenvalue weighted by Gasteiger charge is -2.23. The first-order valence-corrected chi connectivity index (χ1v) is 6.07. The van der Waals surface area contributed by atoms with Crippen LogP contribution in [0.4, 0.5) is 13.2 Å². The molecule has 0 aromatic heterocycles. The molecule has 1 aromatic carbocycles. The summed E-state index contributed by atoms with van der Waals surface area (Å²) in [6.07, 6.45) is -3.55. The molecule has 1 aromatic rings. The molecule has 1 aliphatic rings. The fourth-order valence-electron chi connectivity index (χ4n) is 2.20. The summed E-state index contributed by atoms with van der Waals surface area (Å²) in [5, 5.41) is 8.97. The largest absolute Gasteiger partial charge is 0.573 e. The summed E-state index contributed by atoms with van der Waals surface area (Å²) in [5.41, 5.74) is 0.320. The Labute approximate surface area is 113 Å². The molecule has 0 saturated carbocycles. The van der Waals surface area contributed by atoms with E-state index in [4.69, 9.17) is 9.84 Å². The lowest BCUT2D eigenvalue weighted by molar-refractivity contribution is -0.274. The van der Waals surface area contributed by atoms with E-state index in [1.165, 1.54) is 12.1 Å². The molecule has 7 heteroatoms. The number of benzene rings is 1. The maximum Gasteiger partial charge on any atom is 0.573 e. The molecule has 0 bridgehead atoms. The summed E-state index contributed by atoms with van der Waals surface area (Å²) in [6.45, 7) is 1.02. The van der Waals surface area contributed by atoms with Crippen LogP contribution in [0, 0.1) is 0 Å². The highest BCUT2D eigenvalue weighted by molar-refractivity contribution is 5.88. The highest BCUT2D eigenvalue weighted by Gasteiger charge is 2.32. The molecule has 1 saturated heterocycles. The minimum absolute atomic E-state index is 0.0152. The van der Waals surface area contributed by atoms with Crippen LogP contribution in [0.25, 0.3) is 0 Å². The van der Waals surface area contributed by atoms with Gasteiger partial charge in [0.1, 0.15) is 5.75 Å². The Kier molecular flexibility index (Phi) is 4.17. The number of carboxylic acids is 1. The highest BCUT2D eigenvalue weighted by Crippen LogP contribution is 2.32. The van der Waals surface area contributed by atoms with Crippen molar-refractivity contribution in [2.75, 3.05) is 13.2 Å². The number of hydrogen-bond donors (Lipinski definition) is 1. The van der Waals surface area contributed by atoms with Crippen molar-refractivity contribution >= 4 is 5.97 Å². The van der Waals surface area contributed by atoms with Gasteiger partial charge < -0.3 is 14.6 Å². The maximum atomic E-state index is 12.3. The van der Waals surface area contributed by atoms with Gasteiger partial charge in [0.2, 0.25) is 0 Å². The normalized spacial score (nSPS) is 16.9. The Bertz CT molecular complexity index is 493. The number of carbonyl (C=O) groups is 1. The molecule has 1 fully saturated rings. The smallest absolute Gasteiger partial charge is 0.478 e. The van der Waals surface area contributed by atoms with E-state index < -0.39 is 18.1 Å². The zero-order valence-electron chi connectivity index (χ0n) is 10.4. The summed E-state index contributed by atoms with van der Waals surface area (Å²) in [5.74, 6) is -1.80. The van der Waals surface area contributed by atoms with Gasteiger partial charge in [-0.3, -0.25) is 0 Å². The van der Waals surface area contributed by atoms with E-state index in [0.717, 1.165) is 6.07 Å². The average molecular weight is 290 g/mol. The molecule has 4 nitrogen and oxygen atoms in total. The van der Waals surface area contributed by atoms with E-state index in [-0.39, 0.29) is 11.5 Å². The van der Waals surface area contributed by atoms with Crippen molar-refractivity contribution in [3.05, 3.63) is 29.3 Å². The summed E-state index contributed by atoms with van der Waals surface area (Å²) in [4.78, 5) is 11.0. The van der Waals surface area contributed by atoms with Gasteiger partial charge in [-0.25, -0.2) is 4.79 Å². The lowest BCUT2D eigenvalue weighted by atomic mass is 9.90. The SMILES string of the molecule is O=C(O)c1cc(OC(F)(F)F)cc(C2CCOCC2)c1. The molecule has 1 aliphatic heterocycles. The summed E-state index contributed by atoms with van der Waals surface area (Å²) in [7, 11) is 0. The van der Waals surface area contributed by atoms with Crippen molar-refractivity contribution in [2.45, 2.75) is 25.1 Å². The second-order valence-electron chi connectivity index (χ2n) is 4.53. The molecular formula is C13H13F3O4. The van der Waals surface area contributed by atoms with Gasteiger partial charge in [0, 0.05) is 13.2 Å². The predicted octanol–water partition coefficient (Wildman–Crippen LogP) is 3.18. The first-order chi connectivity index (χ1) is 9.35. The molecule has 0 aliphatic carbocycles. The number of hydrogen-bond acceptors (Lipinski definition) is 3. The third-order valence-corrected chi connectivity index (χ3v) is 3.10. The van der Waals surface area contributed by atoms with E-state index in [9.17, 15) is 18.0 Å². The molecule has 0 amide bonds. The van der Waals surface area contributed by atoms with Crippen LogP contribution in [0.5, 0.6) is 5.75 Å². The van der Waals surface area contributed by atoms with E-state index in [2.05, 4.69) is 4.74 Å². The fourth-order valence-corrected chi connectivity index (χ4v) is 2.20. The van der Waals surface area contributed by atoms with Gasteiger partial charge in [0.25, 0.3) is 0 Å². The number of halogens is 3. The molecule has 110 valence electrons. The second-order valence-corrected chi connectivity index (χ2v) is 4.53. The van der Waals surface area contributed by atoms with Crippen LogP contribution < -0.4 is 4.74 Å². The molecule has 0 atom stereocenters. The fraction of sp³-hybridized carbons (Fsp3) is 0.462. The maximum absolute atomic E-state index is 12.3. The van der Waals surface area contributed by atoms with Crippen LogP contribution in [-0.2, 0) is 4.74 Å². The van der Waals surface area contributed by atoms with Crippen LogP contribution in [0.2, 0.25) is 0 Å². The summed E-state index contributed by atoms with van der Waals surface area (Å²) in [6, 6.07) is 3.51. The van der Waals surface area contributed by atoms with E-state index in [1.54, 1.807) is 0 Å². The van der Waals surface area contributed by atoms with E-state index >= 15 is 0 Å². The molecule has 0 unspecified atom stereocenters. The van der Waals surface area contributed by atoms with Gasteiger partial charge in [0.05, 0.1) is 5.56 Å². The van der Waals surface area contributed by atoms with E-state index in [0.29, 0.717) is 31.6 Å². The first kappa shape index (κ1) is 14.6. The number of aromatic carboxylic acids is 1. The van der Waals surface area contributed by atoms with E-state index in [1.807, 2.05) is 0 Å². The zero-order valence-corrected chi connectivity index (χ0v) is 10.4. The van der Waals surface area contributed by atoms with Crippen LogP contribution >= 0.6 is 0 Å². The van der Waals surface area contributed by atoms with Crippen molar-refractivity contribution in [3.8, 4) is 5.75 Å². The number of ether oxygens (including phenoxy) is 2. The molecule has 1 heterocycles. The Hall–Kier alpha value is -1.76. The van der Waals surface area contributed by atoms with Gasteiger partial charge >= 0.3 is 12.3 Å². The molecule has 0 radical (unpaired) electrons. The van der Waals surface area contributed by atoms with Gasteiger partial charge in [-0.2, -0.15) is 0 Å². The molecule has 2 rings (SSSR count). The lowest BCUT2D eigenvalue weighted by Crippen LogP contribution is -2.19. The Morgan fingerprint density at radius 1 is 1.25 bits per heavy atom.